The highest BCUT2D eigenvalue weighted by molar-refractivity contribution is 7.45. The van der Waals surface area contributed by atoms with Crippen LogP contribution in [0.25, 0.3) is 0 Å². The Bertz CT molecular complexity index is 375. The van der Waals surface area contributed by atoms with E-state index >= 15 is 0 Å². The summed E-state index contributed by atoms with van der Waals surface area (Å²) in [5, 5.41) is 3.39. The zero-order valence-electron chi connectivity index (χ0n) is 11.1. The van der Waals surface area contributed by atoms with E-state index in [1.807, 2.05) is 0 Å². The normalized spacial score (nSPS) is 19.0. The predicted molar refractivity (Wildman–Crippen MR) is 75.4 cm³/mol. The topological polar surface area (TPSA) is 35.9 Å². The Morgan fingerprint density at radius 1 is 1.15 bits per heavy atom. The van der Waals surface area contributed by atoms with Gasteiger partial charge in [0, 0.05) is 25.5 Å². The highest BCUT2D eigenvalue weighted by atomic mass is 32.1. The maximum Gasteiger partial charge on any atom is 0.379 e. The van der Waals surface area contributed by atoms with E-state index in [9.17, 15) is 13.2 Å². The molecule has 1 aliphatic carbocycles. The third-order valence-electron chi connectivity index (χ3n) is 3.81. The molecule has 3 rings (SSSR count). The number of alkyl halides is 3. The van der Waals surface area contributed by atoms with Gasteiger partial charge in [-0.1, -0.05) is 30.3 Å². The summed E-state index contributed by atoms with van der Waals surface area (Å²) < 4.78 is 34.3. The first-order valence-corrected chi connectivity index (χ1v) is 6.88. The van der Waals surface area contributed by atoms with E-state index in [-0.39, 0.29) is 0 Å². The van der Waals surface area contributed by atoms with Crippen LogP contribution in [0.5, 0.6) is 0 Å². The second-order valence-electron chi connectivity index (χ2n) is 5.31. The third-order valence-corrected chi connectivity index (χ3v) is 3.81. The molecule has 0 atom stereocenters. The van der Waals surface area contributed by atoms with Gasteiger partial charge in [0.25, 0.3) is 0 Å². The molecule has 1 heterocycles. The van der Waals surface area contributed by atoms with Crippen LogP contribution in [0.3, 0.4) is 0 Å². The Balaban J connectivity index is 0.000000291. The zero-order valence-corrected chi connectivity index (χ0v) is 11.9. The fraction of sp³-hybridized carbons (Fsp3) is 0.571. The number of hydrogen-bond acceptors (Lipinski definition) is 3. The minimum Gasteiger partial charge on any atom is -0.316 e. The zero-order chi connectivity index (χ0) is 15.0. The maximum absolute atomic E-state index is 9.67. The van der Waals surface area contributed by atoms with Crippen LogP contribution in [0.1, 0.15) is 18.4 Å². The van der Waals surface area contributed by atoms with Crippen LogP contribution in [0.15, 0.2) is 30.3 Å². The first-order chi connectivity index (χ1) is 9.60. The van der Waals surface area contributed by atoms with Crippen molar-refractivity contribution in [2.75, 3.05) is 13.1 Å². The van der Waals surface area contributed by atoms with Gasteiger partial charge in [-0.15, -0.1) is 0 Å². The van der Waals surface area contributed by atoms with Gasteiger partial charge >= 0.3 is 6.68 Å². The van der Waals surface area contributed by atoms with E-state index in [4.69, 9.17) is 4.78 Å². The van der Waals surface area contributed by atoms with Gasteiger partial charge in [0.1, 0.15) is 0 Å². The van der Waals surface area contributed by atoms with E-state index in [2.05, 4.69) is 48.1 Å². The highest BCUT2D eigenvalue weighted by Crippen LogP contribution is 2.49. The number of rotatable bonds is 2. The first-order valence-electron chi connectivity index (χ1n) is 6.47. The van der Waals surface area contributed by atoms with Gasteiger partial charge in [-0.3, -0.25) is 0 Å². The second kappa shape index (κ2) is 8.32. The summed E-state index contributed by atoms with van der Waals surface area (Å²) in [6, 6.07) is 10.9. The average molecular weight is 304 g/mol. The average Bonchev–Trinajstić information content (AvgIpc) is 2.34. The Morgan fingerprint density at radius 2 is 1.65 bits per heavy atom. The van der Waals surface area contributed by atoms with E-state index in [1.54, 1.807) is 0 Å². The molecule has 20 heavy (non-hydrogen) atoms. The molecule has 0 aromatic heterocycles. The fourth-order valence-electron chi connectivity index (χ4n) is 3.02. The Labute approximate surface area is 122 Å². The van der Waals surface area contributed by atoms with Crippen molar-refractivity contribution in [3.63, 3.8) is 0 Å². The largest absolute Gasteiger partial charge is 0.379 e. The molecule has 0 radical (unpaired) electrons. The standard InChI is InChI=1S/C13H17N.CHF3.HNS/c1-2-4-11(5-3-1)6-12-7-13(8-12)9-14-10-13;2-1(3)4;1-2/h1-5,12,14H,6-10H2;1H;1H. The summed E-state index contributed by atoms with van der Waals surface area (Å²) in [6.07, 6.45) is 4.20. The number of hydrogen-bond donors (Lipinski definition) is 2. The first kappa shape index (κ1) is 17.0. The summed E-state index contributed by atoms with van der Waals surface area (Å²) in [7, 11) is 0. The van der Waals surface area contributed by atoms with Crippen molar-refractivity contribution >= 4 is 12.4 Å². The van der Waals surface area contributed by atoms with E-state index in [0.29, 0.717) is 0 Å². The Hall–Kier alpha value is -1.01. The molecular formula is C14H19F3N2S. The lowest BCUT2D eigenvalue weighted by Gasteiger charge is -2.54. The molecule has 0 amide bonds. The van der Waals surface area contributed by atoms with Crippen molar-refractivity contribution in [2.45, 2.75) is 25.9 Å². The molecule has 1 spiro atoms. The van der Waals surface area contributed by atoms with Crippen LogP contribution < -0.4 is 5.32 Å². The maximum atomic E-state index is 9.67. The van der Waals surface area contributed by atoms with Crippen molar-refractivity contribution in [1.82, 2.24) is 5.32 Å². The number of benzene rings is 1. The summed E-state index contributed by atoms with van der Waals surface area (Å²) >= 11 is 3.33. The van der Waals surface area contributed by atoms with E-state index < -0.39 is 6.68 Å². The van der Waals surface area contributed by atoms with Crippen LogP contribution >= 0.6 is 0 Å². The van der Waals surface area contributed by atoms with Gasteiger partial charge in [-0.05, 0) is 36.2 Å². The third kappa shape index (κ3) is 5.17. The van der Waals surface area contributed by atoms with Crippen molar-refractivity contribution in [2.24, 2.45) is 11.3 Å². The Morgan fingerprint density at radius 3 is 2.05 bits per heavy atom. The molecule has 2 fully saturated rings. The molecule has 2 N–H and O–H groups in total. The molecule has 6 heteroatoms. The minimum atomic E-state index is -3.67. The molecule has 112 valence electrons. The van der Waals surface area contributed by atoms with Gasteiger partial charge in [0.2, 0.25) is 0 Å². The summed E-state index contributed by atoms with van der Waals surface area (Å²) in [5.74, 6) is 0.958. The molecule has 1 saturated heterocycles. The molecular weight excluding hydrogens is 285 g/mol. The lowest BCUT2D eigenvalue weighted by Crippen LogP contribution is -2.60. The summed E-state index contributed by atoms with van der Waals surface area (Å²) in [4.78, 5) is 0. The SMILES string of the molecule is FC(F)F.N=S.c1ccc(CC2CC3(CNC3)C2)cc1. The minimum absolute atomic E-state index is 0.736. The molecule has 1 aliphatic heterocycles. The smallest absolute Gasteiger partial charge is 0.316 e. The second-order valence-corrected chi connectivity index (χ2v) is 5.31. The van der Waals surface area contributed by atoms with Crippen LogP contribution in [0.2, 0.25) is 0 Å². The molecule has 2 aliphatic rings. The lowest BCUT2D eigenvalue weighted by molar-refractivity contribution is 0.000885. The van der Waals surface area contributed by atoms with Crippen LogP contribution in [0.4, 0.5) is 13.2 Å². The molecule has 1 aromatic rings. The Kier molecular flexibility index (Phi) is 7.09. The molecule has 0 bridgehead atoms. The molecule has 2 nitrogen and oxygen atoms in total. The molecule has 0 unspecified atom stereocenters. The molecule has 1 aromatic carbocycles. The van der Waals surface area contributed by atoms with Gasteiger partial charge in [-0.25, -0.2) is 4.78 Å². The van der Waals surface area contributed by atoms with Crippen molar-refractivity contribution in [3.05, 3.63) is 35.9 Å². The van der Waals surface area contributed by atoms with Gasteiger partial charge < -0.3 is 5.32 Å². The summed E-state index contributed by atoms with van der Waals surface area (Å²) in [6.45, 7) is -1.11. The van der Waals surface area contributed by atoms with E-state index in [0.717, 1.165) is 11.3 Å². The van der Waals surface area contributed by atoms with Crippen LogP contribution in [-0.4, -0.2) is 19.8 Å². The van der Waals surface area contributed by atoms with Crippen LogP contribution in [0, 0.1) is 16.1 Å². The number of nitrogens with one attached hydrogen (secondary N) is 2. The quantitative estimate of drug-likeness (QED) is 0.874. The van der Waals surface area contributed by atoms with Crippen molar-refractivity contribution in [3.8, 4) is 0 Å². The predicted octanol–water partition coefficient (Wildman–Crippen LogP) is 3.70. The van der Waals surface area contributed by atoms with Gasteiger partial charge in [-0.2, -0.15) is 13.2 Å². The van der Waals surface area contributed by atoms with Crippen molar-refractivity contribution < 1.29 is 13.2 Å². The van der Waals surface area contributed by atoms with Crippen molar-refractivity contribution in [1.29, 1.82) is 4.78 Å². The summed E-state index contributed by atoms with van der Waals surface area (Å²) in [5.41, 5.74) is 2.25. The number of halogens is 3. The highest BCUT2D eigenvalue weighted by Gasteiger charge is 2.47. The molecule has 1 saturated carbocycles. The van der Waals surface area contributed by atoms with E-state index in [1.165, 1.54) is 37.9 Å². The van der Waals surface area contributed by atoms with Gasteiger partial charge in [0.15, 0.2) is 0 Å². The monoisotopic (exact) mass is 304 g/mol. The van der Waals surface area contributed by atoms with Gasteiger partial charge in [0.05, 0.1) is 0 Å². The fourth-order valence-corrected chi connectivity index (χ4v) is 3.02. The lowest BCUT2D eigenvalue weighted by atomic mass is 9.57. The van der Waals surface area contributed by atoms with Crippen LogP contribution in [-0.2, 0) is 18.8 Å².